The second-order valence-electron chi connectivity index (χ2n) is 9.71. The zero-order valence-electron chi connectivity index (χ0n) is 20.6. The van der Waals surface area contributed by atoms with Gasteiger partial charge in [-0.3, -0.25) is 0 Å². The lowest BCUT2D eigenvalue weighted by molar-refractivity contribution is 0.0240. The molecule has 8 nitrogen and oxygen atoms in total. The summed E-state index contributed by atoms with van der Waals surface area (Å²) in [5.41, 5.74) is 0.402. The Balaban J connectivity index is 1.52. The number of carbonyl (C=O) groups is 1. The van der Waals surface area contributed by atoms with E-state index in [-0.39, 0.29) is 11.7 Å². The van der Waals surface area contributed by atoms with Crippen molar-refractivity contribution in [1.82, 2.24) is 20.3 Å². The fourth-order valence-corrected chi connectivity index (χ4v) is 4.10. The zero-order chi connectivity index (χ0) is 26.0. The highest BCUT2D eigenvalue weighted by Gasteiger charge is 2.26. The summed E-state index contributed by atoms with van der Waals surface area (Å²) in [4.78, 5) is 16.2. The number of nitrogens with one attached hydrogen (secondary N) is 1. The number of aromatic nitrogens is 3. The number of amides is 1. The molecule has 192 valence electrons. The van der Waals surface area contributed by atoms with E-state index in [9.17, 15) is 18.0 Å². The fraction of sp³-hybridized carbons (Fsp3) is 0.440. The van der Waals surface area contributed by atoms with Gasteiger partial charge in [0.25, 0.3) is 6.43 Å². The molecule has 2 heterocycles. The quantitative estimate of drug-likeness (QED) is 0.505. The van der Waals surface area contributed by atoms with Crippen LogP contribution in [0.2, 0.25) is 0 Å². The maximum Gasteiger partial charge on any atom is 0.410 e. The molecule has 36 heavy (non-hydrogen) atoms. The molecule has 1 fully saturated rings. The van der Waals surface area contributed by atoms with Crippen molar-refractivity contribution in [2.45, 2.75) is 45.8 Å². The van der Waals surface area contributed by atoms with Gasteiger partial charge in [-0.1, -0.05) is 18.2 Å². The smallest absolute Gasteiger partial charge is 0.410 e. The van der Waals surface area contributed by atoms with E-state index in [4.69, 9.17) is 4.74 Å². The van der Waals surface area contributed by atoms with Crippen LogP contribution in [0, 0.1) is 5.82 Å². The minimum absolute atomic E-state index is 0.106. The number of hydrogen-bond donors (Lipinski definition) is 1. The van der Waals surface area contributed by atoms with Crippen molar-refractivity contribution in [1.29, 1.82) is 0 Å². The number of anilines is 2. The van der Waals surface area contributed by atoms with Gasteiger partial charge in [0, 0.05) is 42.8 Å². The number of alkyl halides is 2. The van der Waals surface area contributed by atoms with Gasteiger partial charge in [-0.2, -0.15) is 0 Å². The number of halogens is 3. The third kappa shape index (κ3) is 5.60. The van der Waals surface area contributed by atoms with Gasteiger partial charge in [0.15, 0.2) is 5.82 Å². The van der Waals surface area contributed by atoms with Crippen molar-refractivity contribution < 1.29 is 22.7 Å². The molecule has 1 aliphatic heterocycles. The first-order valence-electron chi connectivity index (χ1n) is 11.7. The monoisotopic (exact) mass is 502 g/mol. The summed E-state index contributed by atoms with van der Waals surface area (Å²) in [7, 11) is 0. The summed E-state index contributed by atoms with van der Waals surface area (Å²) in [5.74, 6) is -0.578. The van der Waals surface area contributed by atoms with Gasteiger partial charge in [0.05, 0.1) is 17.1 Å². The number of nitrogens with zero attached hydrogens (tertiary/aromatic N) is 5. The van der Waals surface area contributed by atoms with Crippen LogP contribution in [0.3, 0.4) is 0 Å². The Morgan fingerprint density at radius 2 is 1.75 bits per heavy atom. The molecule has 1 aromatic heterocycles. The number of ether oxygens (including phenoxy) is 1. The van der Waals surface area contributed by atoms with Crippen LogP contribution in [0.1, 0.15) is 51.3 Å². The maximum atomic E-state index is 14.7. The van der Waals surface area contributed by atoms with Crippen LogP contribution in [0.5, 0.6) is 0 Å². The second-order valence-corrected chi connectivity index (χ2v) is 9.71. The first kappa shape index (κ1) is 25.5. The molecule has 1 N–H and O–H groups in total. The van der Waals surface area contributed by atoms with Gasteiger partial charge >= 0.3 is 6.09 Å². The van der Waals surface area contributed by atoms with E-state index in [1.807, 2.05) is 39.0 Å². The van der Waals surface area contributed by atoms with Gasteiger partial charge in [0.1, 0.15) is 11.4 Å². The van der Waals surface area contributed by atoms with Crippen molar-refractivity contribution in [3.05, 3.63) is 53.3 Å². The summed E-state index contributed by atoms with van der Waals surface area (Å²) in [6.45, 7) is 9.43. The highest BCUT2D eigenvalue weighted by atomic mass is 19.3. The van der Waals surface area contributed by atoms with E-state index in [1.54, 1.807) is 11.8 Å². The van der Waals surface area contributed by atoms with Gasteiger partial charge in [-0.15, -0.1) is 10.2 Å². The highest BCUT2D eigenvalue weighted by Crippen LogP contribution is 2.31. The molecule has 0 spiro atoms. The molecule has 1 saturated heterocycles. The molecule has 0 radical (unpaired) electrons. The van der Waals surface area contributed by atoms with Crippen molar-refractivity contribution in [3.8, 4) is 0 Å². The molecule has 4 rings (SSSR count). The number of piperazine rings is 1. The molecule has 0 bridgehead atoms. The lowest BCUT2D eigenvalue weighted by Gasteiger charge is -2.36. The zero-order valence-corrected chi connectivity index (χ0v) is 20.6. The van der Waals surface area contributed by atoms with Crippen LogP contribution in [-0.2, 0) is 4.74 Å². The van der Waals surface area contributed by atoms with E-state index >= 15 is 0 Å². The van der Waals surface area contributed by atoms with Crippen molar-refractivity contribution >= 4 is 28.5 Å². The first-order chi connectivity index (χ1) is 17.0. The first-order valence-corrected chi connectivity index (χ1v) is 11.7. The largest absolute Gasteiger partial charge is 0.444 e. The molecule has 1 atom stereocenters. The molecule has 2 aromatic carbocycles. The van der Waals surface area contributed by atoms with Crippen LogP contribution in [-0.4, -0.2) is 58.2 Å². The Bertz CT molecular complexity index is 1240. The number of benzene rings is 2. The molecule has 0 unspecified atom stereocenters. The van der Waals surface area contributed by atoms with E-state index in [0.29, 0.717) is 42.9 Å². The van der Waals surface area contributed by atoms with E-state index in [1.165, 1.54) is 12.1 Å². The Hall–Kier alpha value is -3.63. The van der Waals surface area contributed by atoms with Gasteiger partial charge in [-0.25, -0.2) is 18.0 Å². The summed E-state index contributed by atoms with van der Waals surface area (Å²) in [5, 5.41) is 15.7. The minimum Gasteiger partial charge on any atom is -0.444 e. The molecule has 11 heteroatoms. The van der Waals surface area contributed by atoms with Gasteiger partial charge in [0.2, 0.25) is 0 Å². The molecule has 0 saturated carbocycles. The predicted molar refractivity (Wildman–Crippen MR) is 131 cm³/mol. The summed E-state index contributed by atoms with van der Waals surface area (Å²) < 4.78 is 46.4. The average molecular weight is 503 g/mol. The molecule has 0 aliphatic carbocycles. The van der Waals surface area contributed by atoms with Crippen molar-refractivity contribution in [2.75, 3.05) is 36.4 Å². The molecular formula is C25H29F3N6O2. The average Bonchev–Trinajstić information content (AvgIpc) is 2.83. The SMILES string of the molecule is C[C@@H](Nc1nnnc2ccc(N3CCN(C(=O)OC(C)(C)C)CC3)cc12)c1cccc(C(F)F)c1F. The number of hydrogen-bond acceptors (Lipinski definition) is 7. The molecule has 1 amide bonds. The lowest BCUT2D eigenvalue weighted by atomic mass is 10.0. The fourth-order valence-electron chi connectivity index (χ4n) is 4.10. The van der Waals surface area contributed by atoms with E-state index < -0.39 is 29.4 Å². The van der Waals surface area contributed by atoms with Gasteiger partial charge in [-0.05, 0) is 51.1 Å². The van der Waals surface area contributed by atoms with Crippen molar-refractivity contribution in [3.63, 3.8) is 0 Å². The third-order valence-corrected chi connectivity index (χ3v) is 5.94. The standard InChI is InChI=1S/C25H29F3N6O2/c1-15(17-6-5-7-18(21(17)26)22(27)28)29-23-19-14-16(8-9-20(19)30-32-31-23)33-10-12-34(13-11-33)24(35)36-25(2,3)4/h5-9,14-15,22H,10-13H2,1-4H3,(H,29,30,31)/t15-/m1/s1. The summed E-state index contributed by atoms with van der Waals surface area (Å²) in [6.07, 6.45) is -3.24. The normalized spacial score (nSPS) is 15.3. The Kier molecular flexibility index (Phi) is 7.18. The molecule has 1 aliphatic rings. The van der Waals surface area contributed by atoms with Gasteiger partial charge < -0.3 is 19.9 Å². The maximum absolute atomic E-state index is 14.7. The van der Waals surface area contributed by atoms with Crippen LogP contribution in [0.4, 0.5) is 29.5 Å². The van der Waals surface area contributed by atoms with Crippen LogP contribution in [0.25, 0.3) is 10.9 Å². The van der Waals surface area contributed by atoms with Crippen LogP contribution < -0.4 is 10.2 Å². The van der Waals surface area contributed by atoms with E-state index in [2.05, 4.69) is 25.6 Å². The molecular weight excluding hydrogens is 473 g/mol. The lowest BCUT2D eigenvalue weighted by Crippen LogP contribution is -2.50. The third-order valence-electron chi connectivity index (χ3n) is 5.94. The summed E-state index contributed by atoms with van der Waals surface area (Å²) >= 11 is 0. The summed E-state index contributed by atoms with van der Waals surface area (Å²) in [6, 6.07) is 8.93. The Labute approximate surface area is 207 Å². The second kappa shape index (κ2) is 10.2. The van der Waals surface area contributed by atoms with Crippen molar-refractivity contribution in [2.24, 2.45) is 0 Å². The predicted octanol–water partition coefficient (Wildman–Crippen LogP) is 5.33. The number of carbonyl (C=O) groups excluding carboxylic acids is 1. The topological polar surface area (TPSA) is 83.5 Å². The number of fused-ring (bicyclic) bond motifs is 1. The molecule has 3 aromatic rings. The van der Waals surface area contributed by atoms with Crippen LogP contribution in [0.15, 0.2) is 36.4 Å². The Morgan fingerprint density at radius 1 is 1.06 bits per heavy atom. The van der Waals surface area contributed by atoms with E-state index in [0.717, 1.165) is 11.8 Å². The Morgan fingerprint density at radius 3 is 2.42 bits per heavy atom. The minimum atomic E-state index is -2.91. The number of rotatable bonds is 5. The highest BCUT2D eigenvalue weighted by molar-refractivity contribution is 5.91. The van der Waals surface area contributed by atoms with Crippen LogP contribution >= 0.6 is 0 Å².